The van der Waals surface area contributed by atoms with E-state index in [1.54, 1.807) is 36.4 Å². The van der Waals surface area contributed by atoms with Gasteiger partial charge in [-0.05, 0) is 115 Å². The summed E-state index contributed by atoms with van der Waals surface area (Å²) in [6.07, 6.45) is 8.35. The van der Waals surface area contributed by atoms with E-state index in [9.17, 15) is 26.4 Å². The second kappa shape index (κ2) is 29.7. The van der Waals surface area contributed by atoms with Crippen LogP contribution in [0.5, 0.6) is 23.0 Å². The predicted octanol–water partition coefficient (Wildman–Crippen LogP) is 8.04. The number of nitrogens with one attached hydrogen (secondary N) is 2. The number of ether oxygens (including phenoxy) is 2. The van der Waals surface area contributed by atoms with Gasteiger partial charge in [-0.15, -0.1) is 0 Å². The normalized spacial score (nSPS) is 11.5. The first-order valence-corrected chi connectivity index (χ1v) is 27.2. The number of benzene rings is 4. The Hall–Kier alpha value is -5.24. The zero-order valence-corrected chi connectivity index (χ0v) is 43.8. The summed E-state index contributed by atoms with van der Waals surface area (Å²) in [5, 5.41) is 17.0. The van der Waals surface area contributed by atoms with Crippen LogP contribution >= 0.6 is 0 Å². The van der Waals surface area contributed by atoms with Crippen LogP contribution in [0.2, 0.25) is 0 Å². The molecule has 4 aromatic rings. The summed E-state index contributed by atoms with van der Waals surface area (Å²) in [6, 6.07) is 24.0. The maximum atomic E-state index is 13.0. The lowest BCUT2D eigenvalue weighted by atomic mass is 10.1. The fraction of sp³-hybridized carbons (Fsp3) is 0.490. The Balaban J connectivity index is 0.000000365. The number of hydrogen-bond donors (Lipinski definition) is 4. The van der Waals surface area contributed by atoms with E-state index in [4.69, 9.17) is 19.8 Å². The molecular weight excluding hydrogens is 917 g/mol. The van der Waals surface area contributed by atoms with Crippen LogP contribution in [-0.4, -0.2) is 119 Å². The van der Waals surface area contributed by atoms with E-state index in [0.717, 1.165) is 64.3 Å². The topological polar surface area (TPSA) is 210 Å². The minimum Gasteiger partial charge on any atom is -0.454 e. The third kappa shape index (κ3) is 20.0. The molecule has 4 aromatic carbocycles. The summed E-state index contributed by atoms with van der Waals surface area (Å²) in [5.41, 5.74) is 1.58. The summed E-state index contributed by atoms with van der Waals surface area (Å²) < 4.78 is 63.0. The van der Waals surface area contributed by atoms with Gasteiger partial charge in [0.1, 0.15) is 21.3 Å². The first-order valence-electron chi connectivity index (χ1n) is 24.1. The molecule has 4 rings (SSSR count). The van der Waals surface area contributed by atoms with E-state index in [1.807, 2.05) is 74.4 Å². The Morgan fingerprint density at radius 1 is 0.493 bits per heavy atom. The Morgan fingerprint density at radius 2 is 0.841 bits per heavy atom. The molecule has 0 saturated heterocycles. The Kier molecular flexibility index (Phi) is 25.0. The lowest BCUT2D eigenvalue weighted by Crippen LogP contribution is -2.32. The molecule has 0 aromatic heterocycles. The number of primary sulfonamides is 2. The number of nitrogens with two attached hydrogens (primary N) is 2. The van der Waals surface area contributed by atoms with Crippen molar-refractivity contribution in [2.24, 2.45) is 10.3 Å². The van der Waals surface area contributed by atoms with Crippen LogP contribution in [0.25, 0.3) is 0 Å². The van der Waals surface area contributed by atoms with Crippen LogP contribution in [0.1, 0.15) is 106 Å². The zero-order chi connectivity index (χ0) is 51.0. The van der Waals surface area contributed by atoms with Gasteiger partial charge in [-0.25, -0.2) is 27.1 Å². The average molecular weight is 995 g/mol. The minimum atomic E-state index is -4.18. The number of hydrogen-bond acceptors (Lipinski definition) is 12. The van der Waals surface area contributed by atoms with E-state index in [2.05, 4.69) is 48.1 Å². The van der Waals surface area contributed by atoms with Crippen LogP contribution in [0.4, 0.5) is 11.4 Å². The Morgan fingerprint density at radius 3 is 1.16 bits per heavy atom. The number of unbranched alkanes of at least 4 members (excludes halogenated alkanes) is 4. The second-order valence-electron chi connectivity index (χ2n) is 17.4. The van der Waals surface area contributed by atoms with Gasteiger partial charge in [0.25, 0.3) is 11.8 Å². The number of amides is 2. The number of sulfonamides is 2. The van der Waals surface area contributed by atoms with Gasteiger partial charge in [0.05, 0.1) is 11.4 Å². The maximum absolute atomic E-state index is 13.0. The molecule has 0 atom stereocenters. The molecule has 0 aliphatic rings. The standard InChI is InChI=1S/C26H40N4O4S.C25H38N4O4S/c1-5-7-17-30(18-8-6-2)23-19-21(26(31)28-15-12-16-29(3)4)20-24(35(27,32)33)25(23)34-22-13-10-9-11-14-22;1-5-7-15-29(16-8-6-2)22-18-20(25(30)27-14-17-28(3)4)19-23(34(26,31)32)24(22)33-21-12-10-9-11-13-21/h9-11,13-14,19-20H,5-8,12,15-18H2,1-4H3,(H,28,31)(H2,27,32,33);9-13,18-19H,5-8,14-17H2,1-4H3,(H,27,30)(H2,26,31,32). The molecule has 16 nitrogen and oxygen atoms in total. The monoisotopic (exact) mass is 995 g/mol. The smallest absolute Gasteiger partial charge is 0.251 e. The quantitative estimate of drug-likeness (QED) is 0.0381. The van der Waals surface area contributed by atoms with Gasteiger partial charge in [0, 0.05) is 56.9 Å². The molecule has 0 unspecified atom stereocenters. The van der Waals surface area contributed by atoms with Gasteiger partial charge >= 0.3 is 0 Å². The number of carbonyl (C=O) groups excluding carboxylic acids is 2. The molecule has 0 aliphatic heterocycles. The first-order chi connectivity index (χ1) is 32.8. The Labute approximate surface area is 412 Å². The van der Waals surface area contributed by atoms with E-state index in [-0.39, 0.29) is 44.2 Å². The number of anilines is 2. The molecule has 0 bridgehead atoms. The van der Waals surface area contributed by atoms with Gasteiger partial charge in [-0.3, -0.25) is 9.59 Å². The first kappa shape index (κ1) is 58.1. The lowest BCUT2D eigenvalue weighted by Gasteiger charge is -2.28. The van der Waals surface area contributed by atoms with Crippen LogP contribution in [-0.2, 0) is 20.0 Å². The second-order valence-corrected chi connectivity index (χ2v) is 20.5. The summed E-state index contributed by atoms with van der Waals surface area (Å²) in [4.78, 5) is 33.8. The predicted molar refractivity (Wildman–Crippen MR) is 279 cm³/mol. The molecule has 6 N–H and O–H groups in total. The molecule has 382 valence electrons. The highest BCUT2D eigenvalue weighted by atomic mass is 32.2. The van der Waals surface area contributed by atoms with Crippen LogP contribution in [0, 0.1) is 0 Å². The number of para-hydroxylation sites is 2. The SMILES string of the molecule is CCCCN(CCCC)c1cc(C(=O)NCCCN(C)C)cc(S(N)(=O)=O)c1Oc1ccccc1.CCCCN(CCCC)c1cc(C(=O)NCCN(C)C)cc(S(N)(=O)=O)c1Oc1ccccc1. The van der Waals surface area contributed by atoms with E-state index in [1.165, 1.54) is 12.1 Å². The zero-order valence-electron chi connectivity index (χ0n) is 42.1. The summed E-state index contributed by atoms with van der Waals surface area (Å²) >= 11 is 0. The van der Waals surface area contributed by atoms with Crippen LogP contribution < -0.4 is 40.2 Å². The van der Waals surface area contributed by atoms with Gasteiger partial charge in [-0.1, -0.05) is 89.8 Å². The molecule has 0 saturated carbocycles. The molecular formula is C51H78N8O8S2. The van der Waals surface area contributed by atoms with Crippen molar-refractivity contribution in [2.45, 2.75) is 95.3 Å². The van der Waals surface area contributed by atoms with Crippen molar-refractivity contribution in [3.8, 4) is 23.0 Å². The van der Waals surface area contributed by atoms with Crippen molar-refractivity contribution in [1.82, 2.24) is 20.4 Å². The highest BCUT2D eigenvalue weighted by Crippen LogP contribution is 2.41. The number of carbonyl (C=O) groups is 2. The van der Waals surface area contributed by atoms with E-state index < -0.39 is 20.0 Å². The molecule has 0 radical (unpaired) electrons. The van der Waals surface area contributed by atoms with Crippen molar-refractivity contribution >= 4 is 43.2 Å². The third-order valence-electron chi connectivity index (χ3n) is 10.9. The molecule has 0 aliphatic carbocycles. The summed E-state index contributed by atoms with van der Waals surface area (Å²) in [6.45, 7) is 13.6. The van der Waals surface area contributed by atoms with Gasteiger partial charge in [0.2, 0.25) is 20.0 Å². The lowest BCUT2D eigenvalue weighted by molar-refractivity contribution is 0.0943. The van der Waals surface area contributed by atoms with Crippen molar-refractivity contribution in [2.75, 3.05) is 90.3 Å². The van der Waals surface area contributed by atoms with Gasteiger partial charge < -0.3 is 39.7 Å². The summed E-state index contributed by atoms with van der Waals surface area (Å²) in [5.74, 6) is 0.575. The van der Waals surface area contributed by atoms with E-state index >= 15 is 0 Å². The highest BCUT2D eigenvalue weighted by Gasteiger charge is 2.28. The van der Waals surface area contributed by atoms with Crippen molar-refractivity contribution in [3.05, 3.63) is 96.1 Å². The van der Waals surface area contributed by atoms with Crippen LogP contribution in [0.3, 0.4) is 0 Å². The molecule has 0 fully saturated rings. The van der Waals surface area contributed by atoms with Crippen molar-refractivity contribution < 1.29 is 35.9 Å². The molecule has 0 heterocycles. The van der Waals surface area contributed by atoms with Gasteiger partial charge in [0.15, 0.2) is 11.5 Å². The van der Waals surface area contributed by atoms with E-state index in [0.29, 0.717) is 68.7 Å². The average Bonchev–Trinajstić information content (AvgIpc) is 3.30. The number of rotatable bonds is 29. The fourth-order valence-corrected chi connectivity index (χ4v) is 8.44. The number of nitrogens with zero attached hydrogens (tertiary/aromatic N) is 4. The third-order valence-corrected chi connectivity index (χ3v) is 12.7. The van der Waals surface area contributed by atoms with Crippen molar-refractivity contribution in [3.63, 3.8) is 0 Å². The Bertz CT molecular complexity index is 2390. The van der Waals surface area contributed by atoms with Gasteiger partial charge in [-0.2, -0.15) is 0 Å². The maximum Gasteiger partial charge on any atom is 0.251 e. The highest BCUT2D eigenvalue weighted by molar-refractivity contribution is 7.89. The van der Waals surface area contributed by atoms with Crippen molar-refractivity contribution in [1.29, 1.82) is 0 Å². The molecule has 69 heavy (non-hydrogen) atoms. The molecule has 2 amide bonds. The summed E-state index contributed by atoms with van der Waals surface area (Å²) in [7, 11) is -0.589. The minimum absolute atomic E-state index is 0.144. The molecule has 0 spiro atoms. The molecule has 18 heteroatoms. The van der Waals surface area contributed by atoms with Crippen LogP contribution in [0.15, 0.2) is 94.7 Å². The largest absolute Gasteiger partial charge is 0.454 e. The fourth-order valence-electron chi connectivity index (χ4n) is 7.04. The number of likely N-dealkylation sites (N-methyl/N-ethyl adjacent to an activating group) is 1.